The SMILES string of the molecule is Cc1nn(C)c(OCc2ccccc2Cl)c1C#N. The molecular weight excluding hydrogens is 250 g/mol. The predicted octanol–water partition coefficient (Wildman–Crippen LogP) is 2.83. The molecule has 5 heteroatoms. The number of nitriles is 1. The first-order valence-corrected chi connectivity index (χ1v) is 5.81. The van der Waals surface area contributed by atoms with Crippen molar-refractivity contribution in [3.05, 3.63) is 46.1 Å². The second kappa shape index (κ2) is 5.11. The van der Waals surface area contributed by atoms with Gasteiger partial charge >= 0.3 is 0 Å². The Hall–Kier alpha value is -1.99. The maximum atomic E-state index is 9.05. The van der Waals surface area contributed by atoms with E-state index in [2.05, 4.69) is 11.2 Å². The fourth-order valence-electron chi connectivity index (χ4n) is 1.69. The standard InChI is InChI=1S/C13H12ClN3O/c1-9-11(7-15)13(17(2)16-9)18-8-10-5-3-4-6-12(10)14/h3-6H,8H2,1-2H3. The summed E-state index contributed by atoms with van der Waals surface area (Å²) >= 11 is 6.04. The summed E-state index contributed by atoms with van der Waals surface area (Å²) in [6, 6.07) is 9.54. The number of aromatic nitrogens is 2. The summed E-state index contributed by atoms with van der Waals surface area (Å²) in [7, 11) is 1.75. The average Bonchev–Trinajstić information content (AvgIpc) is 2.62. The molecule has 0 atom stereocenters. The van der Waals surface area contributed by atoms with Gasteiger partial charge in [0.1, 0.15) is 18.2 Å². The van der Waals surface area contributed by atoms with E-state index in [0.29, 0.717) is 28.8 Å². The lowest BCUT2D eigenvalue weighted by Gasteiger charge is -2.07. The molecule has 0 aliphatic carbocycles. The van der Waals surface area contributed by atoms with E-state index in [1.165, 1.54) is 0 Å². The third-order valence-electron chi connectivity index (χ3n) is 2.60. The van der Waals surface area contributed by atoms with Crippen molar-refractivity contribution in [1.82, 2.24) is 9.78 Å². The predicted molar refractivity (Wildman–Crippen MR) is 68.4 cm³/mol. The first-order chi connectivity index (χ1) is 8.63. The van der Waals surface area contributed by atoms with E-state index in [4.69, 9.17) is 21.6 Å². The fourth-order valence-corrected chi connectivity index (χ4v) is 1.88. The Morgan fingerprint density at radius 3 is 2.83 bits per heavy atom. The van der Waals surface area contributed by atoms with Crippen molar-refractivity contribution >= 4 is 11.6 Å². The van der Waals surface area contributed by atoms with E-state index >= 15 is 0 Å². The largest absolute Gasteiger partial charge is 0.472 e. The Labute approximate surface area is 110 Å². The number of hydrogen-bond acceptors (Lipinski definition) is 3. The summed E-state index contributed by atoms with van der Waals surface area (Å²) < 4.78 is 7.20. The van der Waals surface area contributed by atoms with Crippen molar-refractivity contribution in [2.75, 3.05) is 0 Å². The van der Waals surface area contributed by atoms with Crippen molar-refractivity contribution in [3.63, 3.8) is 0 Å². The van der Waals surface area contributed by atoms with E-state index in [0.717, 1.165) is 5.56 Å². The number of hydrogen-bond donors (Lipinski definition) is 0. The highest BCUT2D eigenvalue weighted by Crippen LogP contribution is 2.23. The van der Waals surface area contributed by atoms with E-state index < -0.39 is 0 Å². The van der Waals surface area contributed by atoms with Crippen molar-refractivity contribution in [2.24, 2.45) is 7.05 Å². The quantitative estimate of drug-likeness (QED) is 0.854. The van der Waals surface area contributed by atoms with Crippen LogP contribution < -0.4 is 4.74 Å². The minimum Gasteiger partial charge on any atom is -0.472 e. The summed E-state index contributed by atoms with van der Waals surface area (Å²) in [4.78, 5) is 0. The molecule has 92 valence electrons. The molecule has 0 saturated carbocycles. The van der Waals surface area contributed by atoms with Crippen LogP contribution in [0.1, 0.15) is 16.8 Å². The smallest absolute Gasteiger partial charge is 0.230 e. The fraction of sp³-hybridized carbons (Fsp3) is 0.231. The van der Waals surface area contributed by atoms with Crippen LogP contribution in [0.3, 0.4) is 0 Å². The second-order valence-electron chi connectivity index (χ2n) is 3.88. The topological polar surface area (TPSA) is 50.8 Å². The summed E-state index contributed by atoms with van der Waals surface area (Å²) in [6.45, 7) is 2.09. The summed E-state index contributed by atoms with van der Waals surface area (Å²) in [5.74, 6) is 0.468. The van der Waals surface area contributed by atoms with Crippen LogP contribution in [0.15, 0.2) is 24.3 Å². The molecule has 0 N–H and O–H groups in total. The Bertz CT molecular complexity index is 613. The van der Waals surface area contributed by atoms with Gasteiger partial charge in [-0.2, -0.15) is 10.4 Å². The zero-order valence-electron chi connectivity index (χ0n) is 10.1. The van der Waals surface area contributed by atoms with Gasteiger partial charge in [-0.15, -0.1) is 0 Å². The van der Waals surface area contributed by atoms with Gasteiger partial charge in [0, 0.05) is 17.6 Å². The maximum absolute atomic E-state index is 9.05. The first-order valence-electron chi connectivity index (χ1n) is 5.43. The second-order valence-corrected chi connectivity index (χ2v) is 4.29. The van der Waals surface area contributed by atoms with Crippen LogP contribution in [-0.2, 0) is 13.7 Å². The van der Waals surface area contributed by atoms with Crippen LogP contribution in [0, 0.1) is 18.3 Å². The lowest BCUT2D eigenvalue weighted by molar-refractivity contribution is 0.278. The first kappa shape index (κ1) is 12.5. The number of nitrogens with zero attached hydrogens (tertiary/aromatic N) is 3. The van der Waals surface area contributed by atoms with Gasteiger partial charge in [-0.1, -0.05) is 29.8 Å². The van der Waals surface area contributed by atoms with Gasteiger partial charge in [0.15, 0.2) is 0 Å². The van der Waals surface area contributed by atoms with Gasteiger partial charge in [-0.3, -0.25) is 0 Å². The van der Waals surface area contributed by atoms with Crippen LogP contribution in [-0.4, -0.2) is 9.78 Å². The molecule has 0 amide bonds. The Balaban J connectivity index is 2.22. The normalized spacial score (nSPS) is 10.1. The third-order valence-corrected chi connectivity index (χ3v) is 2.97. The van der Waals surface area contributed by atoms with Crippen molar-refractivity contribution in [2.45, 2.75) is 13.5 Å². The zero-order chi connectivity index (χ0) is 13.1. The van der Waals surface area contributed by atoms with Crippen LogP contribution in [0.5, 0.6) is 5.88 Å². The van der Waals surface area contributed by atoms with Crippen molar-refractivity contribution in [1.29, 1.82) is 5.26 Å². The van der Waals surface area contributed by atoms with Gasteiger partial charge < -0.3 is 4.74 Å². The molecule has 0 radical (unpaired) electrons. The van der Waals surface area contributed by atoms with E-state index in [1.54, 1.807) is 24.7 Å². The molecule has 0 saturated heterocycles. The van der Waals surface area contributed by atoms with Gasteiger partial charge in [0.2, 0.25) is 5.88 Å². The number of rotatable bonds is 3. The number of ether oxygens (including phenoxy) is 1. The highest BCUT2D eigenvalue weighted by molar-refractivity contribution is 6.31. The van der Waals surface area contributed by atoms with Crippen LogP contribution in [0.25, 0.3) is 0 Å². The molecule has 2 aromatic rings. The zero-order valence-corrected chi connectivity index (χ0v) is 10.9. The van der Waals surface area contributed by atoms with Crippen molar-refractivity contribution in [3.8, 4) is 11.9 Å². The summed E-state index contributed by atoms with van der Waals surface area (Å²) in [6.07, 6.45) is 0. The third kappa shape index (κ3) is 2.31. The highest BCUT2D eigenvalue weighted by Gasteiger charge is 2.14. The van der Waals surface area contributed by atoms with Crippen LogP contribution in [0.4, 0.5) is 0 Å². The molecule has 0 fully saturated rings. The van der Waals surface area contributed by atoms with Gasteiger partial charge in [0.05, 0.1) is 5.69 Å². The molecule has 0 bridgehead atoms. The number of benzene rings is 1. The lowest BCUT2D eigenvalue weighted by Crippen LogP contribution is -2.02. The monoisotopic (exact) mass is 261 g/mol. The molecule has 18 heavy (non-hydrogen) atoms. The van der Waals surface area contributed by atoms with Gasteiger partial charge in [-0.25, -0.2) is 4.68 Å². The molecule has 0 aliphatic rings. The lowest BCUT2D eigenvalue weighted by atomic mass is 10.2. The molecule has 0 aliphatic heterocycles. The molecule has 1 aromatic heterocycles. The molecular formula is C13H12ClN3O. The van der Waals surface area contributed by atoms with E-state index in [-0.39, 0.29) is 0 Å². The molecule has 1 heterocycles. The van der Waals surface area contributed by atoms with Crippen molar-refractivity contribution < 1.29 is 4.74 Å². The minimum atomic E-state index is 0.313. The van der Waals surface area contributed by atoms with E-state index in [9.17, 15) is 0 Å². The summed E-state index contributed by atoms with van der Waals surface area (Å²) in [5, 5.41) is 13.9. The Kier molecular flexibility index (Phi) is 3.54. The number of aryl methyl sites for hydroxylation is 2. The summed E-state index contributed by atoms with van der Waals surface area (Å²) in [5.41, 5.74) is 2.00. The Morgan fingerprint density at radius 1 is 1.44 bits per heavy atom. The highest BCUT2D eigenvalue weighted by atomic mass is 35.5. The van der Waals surface area contributed by atoms with Gasteiger partial charge in [0.25, 0.3) is 0 Å². The van der Waals surface area contributed by atoms with Gasteiger partial charge in [-0.05, 0) is 13.0 Å². The molecule has 0 unspecified atom stereocenters. The van der Waals surface area contributed by atoms with Crippen LogP contribution >= 0.6 is 11.6 Å². The molecule has 0 spiro atoms. The molecule has 2 rings (SSSR count). The van der Waals surface area contributed by atoms with E-state index in [1.807, 2.05) is 18.2 Å². The molecule has 1 aromatic carbocycles. The number of halogens is 1. The molecule has 4 nitrogen and oxygen atoms in total. The van der Waals surface area contributed by atoms with Crippen LogP contribution in [0.2, 0.25) is 5.02 Å². The average molecular weight is 262 g/mol. The Morgan fingerprint density at radius 2 is 2.17 bits per heavy atom. The maximum Gasteiger partial charge on any atom is 0.230 e. The minimum absolute atomic E-state index is 0.313.